The van der Waals surface area contributed by atoms with Crippen LogP contribution in [0.1, 0.15) is 16.7 Å². The molecule has 3 aromatic rings. The zero-order chi connectivity index (χ0) is 23.1. The van der Waals surface area contributed by atoms with Crippen LogP contribution in [0.25, 0.3) is 11.6 Å². The van der Waals surface area contributed by atoms with E-state index in [4.69, 9.17) is 9.47 Å². The average Bonchev–Trinajstić information content (AvgIpc) is 2.79. The molecule has 0 radical (unpaired) electrons. The van der Waals surface area contributed by atoms with Crippen LogP contribution in [-0.4, -0.2) is 19.6 Å². The minimum absolute atomic E-state index is 0.262. The highest BCUT2D eigenvalue weighted by atomic mass is 79.9. The van der Waals surface area contributed by atoms with Crippen molar-refractivity contribution in [3.63, 3.8) is 0 Å². The monoisotopic (exact) mass is 494 g/mol. The third kappa shape index (κ3) is 5.96. The molecule has 0 aliphatic rings. The van der Waals surface area contributed by atoms with E-state index in [0.29, 0.717) is 27.2 Å². The number of amides is 1. The summed E-state index contributed by atoms with van der Waals surface area (Å²) in [5.41, 5.74) is 3.61. The number of anilines is 1. The van der Waals surface area contributed by atoms with E-state index in [2.05, 4.69) is 27.3 Å². The van der Waals surface area contributed by atoms with Crippen molar-refractivity contribution in [1.29, 1.82) is 5.26 Å². The summed E-state index contributed by atoms with van der Waals surface area (Å²) in [6.45, 7) is 1.72. The normalized spacial score (nSPS) is 10.9. The summed E-state index contributed by atoms with van der Waals surface area (Å²) in [5, 5.41) is 12.2. The summed E-state index contributed by atoms with van der Waals surface area (Å²) in [6.07, 6.45) is 1.75. The number of benzene rings is 3. The Morgan fingerprint density at radius 3 is 2.44 bits per heavy atom. The predicted octanol–water partition coefficient (Wildman–Crippen LogP) is 5.99. The summed E-state index contributed by atoms with van der Waals surface area (Å²) >= 11 is 3.49. The lowest BCUT2D eigenvalue weighted by Crippen LogP contribution is -2.20. The Bertz CT molecular complexity index is 1180. The van der Waals surface area contributed by atoms with E-state index < -0.39 is 5.91 Å². The Morgan fingerprint density at radius 1 is 1.12 bits per heavy atom. The minimum Gasteiger partial charge on any atom is -0.493 e. The molecule has 0 heterocycles. The summed E-state index contributed by atoms with van der Waals surface area (Å²) in [7, 11) is 1.49. The lowest BCUT2D eigenvalue weighted by atomic mass is 10.0. The van der Waals surface area contributed by atoms with Crippen LogP contribution in [0.15, 0.2) is 65.1 Å². The molecule has 0 atom stereocenters. The number of ether oxygens (including phenoxy) is 2. The highest BCUT2D eigenvalue weighted by Gasteiger charge is 2.13. The molecule has 5 nitrogen and oxygen atoms in total. The third-order valence-corrected chi connectivity index (χ3v) is 5.24. The van der Waals surface area contributed by atoms with Gasteiger partial charge < -0.3 is 14.8 Å². The number of carbonyl (C=O) groups excluding carboxylic acids is 1. The first kappa shape index (κ1) is 23.0. The number of nitriles is 1. The Kier molecular flexibility index (Phi) is 7.63. The van der Waals surface area contributed by atoms with E-state index in [9.17, 15) is 14.4 Å². The number of nitrogens with one attached hydrogen (secondary N) is 1. The number of hydrogen-bond donors (Lipinski definition) is 1. The maximum atomic E-state index is 13.0. The van der Waals surface area contributed by atoms with Crippen LogP contribution in [0.3, 0.4) is 0 Å². The van der Waals surface area contributed by atoms with Crippen LogP contribution < -0.4 is 14.8 Å². The zero-order valence-electron chi connectivity index (χ0n) is 17.5. The van der Waals surface area contributed by atoms with E-state index in [-0.39, 0.29) is 12.4 Å². The van der Waals surface area contributed by atoms with E-state index in [1.807, 2.05) is 31.2 Å². The van der Waals surface area contributed by atoms with Gasteiger partial charge in [0.05, 0.1) is 18.8 Å². The van der Waals surface area contributed by atoms with Crippen molar-refractivity contribution >= 4 is 39.2 Å². The van der Waals surface area contributed by atoms with E-state index >= 15 is 0 Å². The van der Waals surface area contributed by atoms with Crippen molar-refractivity contribution in [2.45, 2.75) is 6.92 Å². The van der Waals surface area contributed by atoms with Crippen molar-refractivity contribution in [3.05, 3.63) is 87.6 Å². The summed E-state index contributed by atoms with van der Waals surface area (Å²) < 4.78 is 24.7. The van der Waals surface area contributed by atoms with Crippen LogP contribution in [0, 0.1) is 24.1 Å². The van der Waals surface area contributed by atoms with Crippen molar-refractivity contribution in [2.24, 2.45) is 0 Å². The second-order valence-corrected chi connectivity index (χ2v) is 7.76. The first-order chi connectivity index (χ1) is 15.4. The molecule has 32 heavy (non-hydrogen) atoms. The van der Waals surface area contributed by atoms with Crippen LogP contribution in [0.5, 0.6) is 11.5 Å². The van der Waals surface area contributed by atoms with Gasteiger partial charge in [0.15, 0.2) is 18.1 Å². The number of hydrogen-bond acceptors (Lipinski definition) is 4. The van der Waals surface area contributed by atoms with Gasteiger partial charge in [0, 0.05) is 10.2 Å². The van der Waals surface area contributed by atoms with Gasteiger partial charge in [0.25, 0.3) is 5.91 Å². The SMILES string of the molecule is COc1cc(/C=C(/C#N)c2ccc(C)cc2)c(Br)cc1OCC(=O)Nc1ccc(F)cc1. The quantitative estimate of drug-likeness (QED) is 0.323. The smallest absolute Gasteiger partial charge is 0.262 e. The fourth-order valence-corrected chi connectivity index (χ4v) is 3.31. The fourth-order valence-electron chi connectivity index (χ4n) is 2.88. The van der Waals surface area contributed by atoms with Crippen LogP contribution in [0.2, 0.25) is 0 Å². The molecule has 3 aromatic carbocycles. The lowest BCUT2D eigenvalue weighted by molar-refractivity contribution is -0.118. The number of allylic oxidation sites excluding steroid dienone is 1. The van der Waals surface area contributed by atoms with Crippen molar-refractivity contribution in [3.8, 4) is 17.6 Å². The van der Waals surface area contributed by atoms with Gasteiger partial charge >= 0.3 is 0 Å². The molecular formula is C25H20BrFN2O3. The van der Waals surface area contributed by atoms with Gasteiger partial charge in [-0.05, 0) is 60.5 Å². The molecule has 0 aliphatic heterocycles. The van der Waals surface area contributed by atoms with Crippen LogP contribution in [0.4, 0.5) is 10.1 Å². The molecule has 0 bridgehead atoms. The number of halogens is 2. The van der Waals surface area contributed by atoms with E-state index in [1.54, 1.807) is 18.2 Å². The molecule has 0 fully saturated rings. The van der Waals surface area contributed by atoms with Crippen LogP contribution >= 0.6 is 15.9 Å². The first-order valence-electron chi connectivity index (χ1n) is 9.64. The maximum absolute atomic E-state index is 13.0. The molecule has 0 saturated heterocycles. The topological polar surface area (TPSA) is 71.3 Å². The van der Waals surface area contributed by atoms with Gasteiger partial charge in [-0.15, -0.1) is 0 Å². The van der Waals surface area contributed by atoms with E-state index in [0.717, 1.165) is 16.7 Å². The third-order valence-electron chi connectivity index (χ3n) is 4.55. The standard InChI is InChI=1S/C25H20BrFN2O3/c1-16-3-5-17(6-4-16)19(14-28)11-18-12-23(31-2)24(13-22(18)26)32-15-25(30)29-21-9-7-20(27)8-10-21/h3-13H,15H2,1-2H3,(H,29,30)/b19-11-. The predicted molar refractivity (Wildman–Crippen MR) is 126 cm³/mol. The van der Waals surface area contributed by atoms with Gasteiger partial charge in [-0.3, -0.25) is 4.79 Å². The van der Waals surface area contributed by atoms with Gasteiger partial charge in [0.2, 0.25) is 0 Å². The number of methoxy groups -OCH3 is 1. The molecule has 0 spiro atoms. The Hall–Kier alpha value is -3.63. The minimum atomic E-state index is -0.398. The Labute approximate surface area is 194 Å². The summed E-state index contributed by atoms with van der Waals surface area (Å²) in [5.74, 6) is -0.00958. The van der Waals surface area contributed by atoms with Gasteiger partial charge in [0.1, 0.15) is 5.82 Å². The van der Waals surface area contributed by atoms with Gasteiger partial charge in [-0.25, -0.2) is 4.39 Å². The lowest BCUT2D eigenvalue weighted by Gasteiger charge is -2.13. The van der Waals surface area contributed by atoms with E-state index in [1.165, 1.54) is 31.4 Å². The average molecular weight is 495 g/mol. The molecular weight excluding hydrogens is 475 g/mol. The second kappa shape index (κ2) is 10.6. The number of carbonyl (C=O) groups is 1. The second-order valence-electron chi connectivity index (χ2n) is 6.90. The zero-order valence-corrected chi connectivity index (χ0v) is 19.1. The molecule has 0 saturated carbocycles. The van der Waals surface area contributed by atoms with Crippen molar-refractivity contribution in [1.82, 2.24) is 0 Å². The Morgan fingerprint density at radius 2 is 1.81 bits per heavy atom. The summed E-state index contributed by atoms with van der Waals surface area (Å²) in [6, 6.07) is 18.8. The molecule has 7 heteroatoms. The molecule has 1 amide bonds. The van der Waals surface area contributed by atoms with Crippen LogP contribution in [-0.2, 0) is 4.79 Å². The first-order valence-corrected chi connectivity index (χ1v) is 10.4. The van der Waals surface area contributed by atoms with Crippen molar-refractivity contribution < 1.29 is 18.7 Å². The molecule has 0 aliphatic carbocycles. The molecule has 162 valence electrons. The molecule has 3 rings (SSSR count). The fraction of sp³-hybridized carbons (Fsp3) is 0.120. The number of nitrogens with zero attached hydrogens (tertiary/aromatic N) is 1. The highest BCUT2D eigenvalue weighted by molar-refractivity contribution is 9.10. The molecule has 0 unspecified atom stereocenters. The largest absolute Gasteiger partial charge is 0.493 e. The van der Waals surface area contributed by atoms with Crippen molar-refractivity contribution in [2.75, 3.05) is 19.0 Å². The van der Waals surface area contributed by atoms with Gasteiger partial charge in [-0.1, -0.05) is 45.8 Å². The summed E-state index contributed by atoms with van der Waals surface area (Å²) in [4.78, 5) is 12.2. The number of rotatable bonds is 7. The maximum Gasteiger partial charge on any atom is 0.262 e. The molecule has 1 N–H and O–H groups in total. The Balaban J connectivity index is 1.77. The van der Waals surface area contributed by atoms with Gasteiger partial charge in [-0.2, -0.15) is 5.26 Å². The molecule has 0 aromatic heterocycles. The number of aryl methyl sites for hydroxylation is 1. The highest BCUT2D eigenvalue weighted by Crippen LogP contribution is 2.35.